The summed E-state index contributed by atoms with van der Waals surface area (Å²) in [7, 11) is 0. The van der Waals surface area contributed by atoms with Crippen LogP contribution in [0.15, 0.2) is 81.8 Å². The van der Waals surface area contributed by atoms with Crippen molar-refractivity contribution in [3.8, 4) is 11.3 Å². The van der Waals surface area contributed by atoms with Crippen LogP contribution in [0.1, 0.15) is 18.2 Å². The zero-order chi connectivity index (χ0) is 20.6. The molecule has 1 aliphatic rings. The first-order valence-corrected chi connectivity index (χ1v) is 8.77. The first-order valence-electron chi connectivity index (χ1n) is 8.77. The smallest absolute Gasteiger partial charge is 0.416 e. The van der Waals surface area contributed by atoms with Crippen molar-refractivity contribution in [1.29, 1.82) is 0 Å². The first kappa shape index (κ1) is 18.7. The lowest BCUT2D eigenvalue weighted by Gasteiger charge is -2.10. The van der Waals surface area contributed by atoms with Gasteiger partial charge in [0.2, 0.25) is 0 Å². The number of carbonyl (C=O) groups is 1. The van der Waals surface area contributed by atoms with Gasteiger partial charge in [0.05, 0.1) is 22.5 Å². The molecular formula is C22H15F3N2O2. The van der Waals surface area contributed by atoms with Gasteiger partial charge in [0.1, 0.15) is 11.5 Å². The van der Waals surface area contributed by atoms with Crippen LogP contribution >= 0.6 is 0 Å². The van der Waals surface area contributed by atoms with E-state index < -0.39 is 11.7 Å². The monoisotopic (exact) mass is 396 g/mol. The fraction of sp³-hybridized carbons (Fsp3) is 0.0909. The van der Waals surface area contributed by atoms with Crippen molar-refractivity contribution in [2.75, 3.05) is 5.01 Å². The number of alkyl halides is 3. The van der Waals surface area contributed by atoms with Crippen LogP contribution in [0.5, 0.6) is 0 Å². The zero-order valence-electron chi connectivity index (χ0n) is 15.3. The van der Waals surface area contributed by atoms with Gasteiger partial charge in [-0.2, -0.15) is 23.3 Å². The second-order valence-electron chi connectivity index (χ2n) is 6.48. The highest BCUT2D eigenvalue weighted by Crippen LogP contribution is 2.33. The number of nitrogens with zero attached hydrogens (tertiary/aromatic N) is 2. The molecule has 0 saturated heterocycles. The molecule has 1 aliphatic heterocycles. The Labute approximate surface area is 164 Å². The molecule has 4 nitrogen and oxygen atoms in total. The number of anilines is 1. The van der Waals surface area contributed by atoms with Crippen LogP contribution in [0.3, 0.4) is 0 Å². The number of carbonyl (C=O) groups excluding carboxylic acids is 1. The fourth-order valence-electron chi connectivity index (χ4n) is 3.01. The summed E-state index contributed by atoms with van der Waals surface area (Å²) in [6, 6.07) is 17.1. The standard InChI is InChI=1S/C22H15F3N2O2/c1-14-19(21(28)27(26-14)17-8-3-2-4-9-17)13-18-10-11-20(29-18)15-6-5-7-16(12-15)22(23,24)25/h2-13H,1H3/b19-13+. The molecule has 0 N–H and O–H groups in total. The van der Waals surface area contributed by atoms with Crippen LogP contribution in [0, 0.1) is 0 Å². The van der Waals surface area contributed by atoms with Crippen molar-refractivity contribution < 1.29 is 22.4 Å². The molecule has 29 heavy (non-hydrogen) atoms. The summed E-state index contributed by atoms with van der Waals surface area (Å²) in [4.78, 5) is 12.7. The molecule has 0 unspecified atom stereocenters. The molecular weight excluding hydrogens is 381 g/mol. The molecule has 1 aromatic heterocycles. The molecule has 0 spiro atoms. The van der Waals surface area contributed by atoms with E-state index in [-0.39, 0.29) is 11.7 Å². The van der Waals surface area contributed by atoms with Gasteiger partial charge in [-0.15, -0.1) is 0 Å². The second-order valence-corrected chi connectivity index (χ2v) is 6.48. The van der Waals surface area contributed by atoms with E-state index in [0.29, 0.717) is 28.3 Å². The quantitative estimate of drug-likeness (QED) is 0.528. The maximum Gasteiger partial charge on any atom is 0.416 e. The van der Waals surface area contributed by atoms with E-state index in [2.05, 4.69) is 5.10 Å². The molecule has 7 heteroatoms. The maximum atomic E-state index is 12.9. The third-order valence-electron chi connectivity index (χ3n) is 4.45. The van der Waals surface area contributed by atoms with Gasteiger partial charge in [-0.05, 0) is 49.4 Å². The number of hydrogen-bond donors (Lipinski definition) is 0. The Balaban J connectivity index is 1.62. The van der Waals surface area contributed by atoms with E-state index in [0.717, 1.165) is 12.1 Å². The van der Waals surface area contributed by atoms with Crippen molar-refractivity contribution in [3.63, 3.8) is 0 Å². The minimum Gasteiger partial charge on any atom is -0.457 e. The second kappa shape index (κ2) is 7.09. The Bertz CT molecular complexity index is 1130. The van der Waals surface area contributed by atoms with Crippen LogP contribution < -0.4 is 5.01 Å². The molecule has 0 saturated carbocycles. The van der Waals surface area contributed by atoms with Crippen LogP contribution in [0.4, 0.5) is 18.9 Å². The van der Waals surface area contributed by atoms with Crippen LogP contribution in [-0.2, 0) is 11.0 Å². The predicted octanol–water partition coefficient (Wildman–Crippen LogP) is 5.77. The van der Waals surface area contributed by atoms with Crippen LogP contribution in [0.2, 0.25) is 0 Å². The molecule has 1 amide bonds. The average molecular weight is 396 g/mol. The minimum absolute atomic E-state index is 0.280. The highest BCUT2D eigenvalue weighted by Gasteiger charge is 2.31. The summed E-state index contributed by atoms with van der Waals surface area (Å²) >= 11 is 0. The summed E-state index contributed by atoms with van der Waals surface area (Å²) in [5.41, 5.74) is 1.08. The van der Waals surface area contributed by atoms with Crippen molar-refractivity contribution in [2.24, 2.45) is 5.10 Å². The Morgan fingerprint density at radius 3 is 2.48 bits per heavy atom. The third-order valence-corrected chi connectivity index (χ3v) is 4.45. The lowest BCUT2D eigenvalue weighted by Crippen LogP contribution is -2.21. The number of amides is 1. The van der Waals surface area contributed by atoms with Crippen molar-refractivity contribution >= 4 is 23.4 Å². The van der Waals surface area contributed by atoms with Gasteiger partial charge in [0.15, 0.2) is 0 Å². The molecule has 0 radical (unpaired) electrons. The summed E-state index contributed by atoms with van der Waals surface area (Å²) in [6.45, 7) is 1.71. The van der Waals surface area contributed by atoms with E-state index >= 15 is 0 Å². The highest BCUT2D eigenvalue weighted by atomic mass is 19.4. The Kier molecular flexibility index (Phi) is 4.58. The van der Waals surface area contributed by atoms with E-state index in [1.165, 1.54) is 17.1 Å². The van der Waals surface area contributed by atoms with E-state index in [4.69, 9.17) is 4.42 Å². The van der Waals surface area contributed by atoms with Gasteiger partial charge in [0.25, 0.3) is 5.91 Å². The molecule has 4 rings (SSSR count). The zero-order valence-corrected chi connectivity index (χ0v) is 15.3. The predicted molar refractivity (Wildman–Crippen MR) is 104 cm³/mol. The van der Waals surface area contributed by atoms with Crippen LogP contribution in [-0.4, -0.2) is 11.6 Å². The Hall–Kier alpha value is -3.61. The summed E-state index contributed by atoms with van der Waals surface area (Å²) in [6.07, 6.45) is -2.89. The van der Waals surface area contributed by atoms with Crippen LogP contribution in [0.25, 0.3) is 17.4 Å². The van der Waals surface area contributed by atoms with E-state index in [1.807, 2.05) is 18.2 Å². The van der Waals surface area contributed by atoms with Gasteiger partial charge >= 0.3 is 6.18 Å². The van der Waals surface area contributed by atoms with Gasteiger partial charge < -0.3 is 4.42 Å². The molecule has 0 fully saturated rings. The van der Waals surface area contributed by atoms with E-state index in [1.54, 1.807) is 37.3 Å². The molecule has 2 aromatic carbocycles. The van der Waals surface area contributed by atoms with E-state index in [9.17, 15) is 18.0 Å². The minimum atomic E-state index is -4.43. The first-order chi connectivity index (χ1) is 13.8. The SMILES string of the molecule is CC1=NN(c2ccccc2)C(=O)/C1=C/c1ccc(-c2cccc(C(F)(F)F)c2)o1. The summed E-state index contributed by atoms with van der Waals surface area (Å²) in [5.74, 6) is 0.332. The van der Waals surface area contributed by atoms with Gasteiger partial charge in [-0.3, -0.25) is 4.79 Å². The number of hydrogen-bond acceptors (Lipinski definition) is 3. The van der Waals surface area contributed by atoms with Crippen molar-refractivity contribution in [2.45, 2.75) is 13.1 Å². The van der Waals surface area contributed by atoms with Gasteiger partial charge in [-0.1, -0.05) is 30.3 Å². The third kappa shape index (κ3) is 3.71. The number of para-hydroxylation sites is 1. The van der Waals surface area contributed by atoms with Crippen molar-refractivity contribution in [1.82, 2.24) is 0 Å². The average Bonchev–Trinajstić information content (AvgIpc) is 3.28. The molecule has 0 atom stereocenters. The number of rotatable bonds is 3. The largest absolute Gasteiger partial charge is 0.457 e. The highest BCUT2D eigenvalue weighted by molar-refractivity contribution is 6.32. The molecule has 146 valence electrons. The number of furan rings is 1. The normalized spacial score (nSPS) is 15.9. The maximum absolute atomic E-state index is 12.9. The molecule has 2 heterocycles. The lowest BCUT2D eigenvalue weighted by atomic mass is 10.1. The summed E-state index contributed by atoms with van der Waals surface area (Å²) < 4.78 is 44.4. The Morgan fingerprint density at radius 2 is 1.76 bits per heavy atom. The topological polar surface area (TPSA) is 45.8 Å². The number of halogens is 3. The van der Waals surface area contributed by atoms with Gasteiger partial charge in [-0.25, -0.2) is 0 Å². The molecule has 0 aliphatic carbocycles. The summed E-state index contributed by atoms with van der Waals surface area (Å²) in [5, 5.41) is 5.59. The fourth-order valence-corrected chi connectivity index (χ4v) is 3.01. The number of benzene rings is 2. The molecule has 0 bridgehead atoms. The van der Waals surface area contributed by atoms with Gasteiger partial charge in [0, 0.05) is 5.56 Å². The van der Waals surface area contributed by atoms with Crippen molar-refractivity contribution in [3.05, 3.63) is 83.6 Å². The molecule has 3 aromatic rings. The lowest BCUT2D eigenvalue weighted by molar-refractivity contribution is -0.137. The Morgan fingerprint density at radius 1 is 1.00 bits per heavy atom. The number of hydrazone groups is 1.